The summed E-state index contributed by atoms with van der Waals surface area (Å²) in [7, 11) is -0.852. The van der Waals surface area contributed by atoms with Crippen LogP contribution in [0.2, 0.25) is 19.6 Å². The van der Waals surface area contributed by atoms with Crippen LogP contribution in [0.15, 0.2) is 24.3 Å². The third kappa shape index (κ3) is 3.43. The minimum Gasteiger partial charge on any atom is -0.466 e. The van der Waals surface area contributed by atoms with Gasteiger partial charge in [-0.15, -0.1) is 0 Å². The van der Waals surface area contributed by atoms with Crippen molar-refractivity contribution in [2.45, 2.75) is 32.2 Å². The minimum absolute atomic E-state index is 0.509. The molecule has 19 heavy (non-hydrogen) atoms. The van der Waals surface area contributed by atoms with Crippen LogP contribution in [0.5, 0.6) is 0 Å². The molecule has 1 aromatic carbocycles. The zero-order valence-corrected chi connectivity index (χ0v) is 13.0. The Kier molecular flexibility index (Phi) is 4.50. The molecule has 0 heterocycles. The fourth-order valence-corrected chi connectivity index (χ4v) is 2.91. The molecule has 0 N–H and O–H groups in total. The van der Waals surface area contributed by atoms with Crippen LogP contribution in [0.1, 0.15) is 11.1 Å². The summed E-state index contributed by atoms with van der Waals surface area (Å²) in [5.41, 5.74) is -0.115. The van der Waals surface area contributed by atoms with Crippen LogP contribution >= 0.6 is 0 Å². The maximum Gasteiger partial charge on any atom is 0.357 e. The average Bonchev–Trinajstić information content (AvgIpc) is 2.35. The van der Waals surface area contributed by atoms with Crippen LogP contribution in [0.25, 0.3) is 0 Å². The quantitative estimate of drug-likeness (QED) is 0.627. The van der Waals surface area contributed by atoms with Crippen LogP contribution < -0.4 is 0 Å². The van der Waals surface area contributed by atoms with E-state index in [9.17, 15) is 10.1 Å². The van der Waals surface area contributed by atoms with Gasteiger partial charge in [-0.25, -0.2) is 4.79 Å². The maximum atomic E-state index is 12.1. The summed E-state index contributed by atoms with van der Waals surface area (Å²) >= 11 is 0. The third-order valence-electron chi connectivity index (χ3n) is 2.55. The van der Waals surface area contributed by atoms with Crippen molar-refractivity contribution in [2.75, 3.05) is 7.11 Å². The van der Waals surface area contributed by atoms with Crippen LogP contribution in [0.4, 0.5) is 0 Å². The highest BCUT2D eigenvalue weighted by Crippen LogP contribution is 2.30. The van der Waals surface area contributed by atoms with Gasteiger partial charge in [-0.2, -0.15) is 5.26 Å². The van der Waals surface area contributed by atoms with Crippen molar-refractivity contribution in [3.05, 3.63) is 35.4 Å². The molecule has 0 radical (unpaired) electrons. The minimum atomic E-state index is -2.11. The Morgan fingerprint density at radius 2 is 1.79 bits per heavy atom. The number of methoxy groups -OCH3 is 1. The Labute approximate surface area is 115 Å². The van der Waals surface area contributed by atoms with E-state index in [0.717, 1.165) is 5.56 Å². The standard InChI is InChI=1S/C14H19NO3Si/c1-11-6-8-12(9-7-11)14(10-15,13(16)17-2)18-19(3,4)5/h6-9H,1-5H3. The van der Waals surface area contributed by atoms with E-state index in [0.29, 0.717) is 5.56 Å². The Morgan fingerprint density at radius 3 is 2.16 bits per heavy atom. The monoisotopic (exact) mass is 277 g/mol. The van der Waals surface area contributed by atoms with E-state index in [1.165, 1.54) is 7.11 Å². The topological polar surface area (TPSA) is 59.3 Å². The van der Waals surface area contributed by atoms with Crippen molar-refractivity contribution in [3.8, 4) is 6.07 Å². The number of esters is 1. The molecule has 0 fully saturated rings. The first-order valence-corrected chi connectivity index (χ1v) is 9.43. The number of hydrogen-bond acceptors (Lipinski definition) is 4. The Hall–Kier alpha value is -1.64. The SMILES string of the molecule is COC(=O)C(C#N)(O[Si](C)(C)C)c1ccc(C)cc1. The van der Waals surface area contributed by atoms with Crippen LogP contribution in [-0.4, -0.2) is 21.4 Å². The van der Waals surface area contributed by atoms with Crippen molar-refractivity contribution >= 4 is 14.3 Å². The molecular formula is C14H19NO3Si. The number of nitriles is 1. The van der Waals surface area contributed by atoms with Gasteiger partial charge in [0.2, 0.25) is 0 Å². The first-order valence-electron chi connectivity index (χ1n) is 6.02. The molecule has 102 valence electrons. The van der Waals surface area contributed by atoms with Crippen molar-refractivity contribution in [3.63, 3.8) is 0 Å². The van der Waals surface area contributed by atoms with E-state index in [1.54, 1.807) is 12.1 Å². The Morgan fingerprint density at radius 1 is 1.26 bits per heavy atom. The molecule has 0 saturated heterocycles. The second kappa shape index (κ2) is 5.55. The molecule has 1 rings (SSSR count). The molecule has 0 saturated carbocycles. The molecular weight excluding hydrogens is 258 g/mol. The van der Waals surface area contributed by atoms with E-state index < -0.39 is 19.9 Å². The van der Waals surface area contributed by atoms with Crippen LogP contribution in [-0.2, 0) is 19.6 Å². The molecule has 1 aromatic rings. The fourth-order valence-electron chi connectivity index (χ4n) is 1.74. The average molecular weight is 277 g/mol. The van der Waals surface area contributed by atoms with Crippen molar-refractivity contribution in [1.29, 1.82) is 5.26 Å². The van der Waals surface area contributed by atoms with Crippen LogP contribution in [0, 0.1) is 18.3 Å². The van der Waals surface area contributed by atoms with Gasteiger partial charge in [-0.3, -0.25) is 0 Å². The van der Waals surface area contributed by atoms with Gasteiger partial charge >= 0.3 is 5.97 Å². The van der Waals surface area contributed by atoms with E-state index in [1.807, 2.05) is 44.8 Å². The first-order chi connectivity index (χ1) is 8.75. The summed E-state index contributed by atoms with van der Waals surface area (Å²) in [6, 6.07) is 9.15. The molecule has 0 aliphatic heterocycles. The summed E-state index contributed by atoms with van der Waals surface area (Å²) in [4.78, 5) is 12.1. The Bertz CT molecular complexity index is 499. The first kappa shape index (κ1) is 15.4. The van der Waals surface area contributed by atoms with Gasteiger partial charge in [0.15, 0.2) is 8.32 Å². The lowest BCUT2D eigenvalue weighted by atomic mass is 9.95. The molecule has 0 aromatic heterocycles. The zero-order chi connectivity index (χ0) is 14.7. The second-order valence-corrected chi connectivity index (χ2v) is 9.79. The smallest absolute Gasteiger partial charge is 0.357 e. The summed E-state index contributed by atoms with van der Waals surface area (Å²) in [5, 5.41) is 9.51. The largest absolute Gasteiger partial charge is 0.466 e. The molecule has 1 unspecified atom stereocenters. The highest BCUT2D eigenvalue weighted by molar-refractivity contribution is 6.70. The van der Waals surface area contributed by atoms with E-state index in [4.69, 9.17) is 9.16 Å². The van der Waals surface area contributed by atoms with E-state index in [-0.39, 0.29) is 0 Å². The molecule has 0 aliphatic carbocycles. The van der Waals surface area contributed by atoms with Gasteiger partial charge in [0.05, 0.1) is 7.11 Å². The van der Waals surface area contributed by atoms with Gasteiger partial charge in [0.1, 0.15) is 6.07 Å². The summed E-state index contributed by atoms with van der Waals surface area (Å²) < 4.78 is 10.6. The van der Waals surface area contributed by atoms with E-state index >= 15 is 0 Å². The van der Waals surface area contributed by atoms with Gasteiger partial charge in [0.25, 0.3) is 5.60 Å². The van der Waals surface area contributed by atoms with Crippen molar-refractivity contribution < 1.29 is 14.0 Å². The normalized spacial score (nSPS) is 14.3. The zero-order valence-electron chi connectivity index (χ0n) is 12.0. The molecule has 4 nitrogen and oxygen atoms in total. The lowest BCUT2D eigenvalue weighted by Crippen LogP contribution is -2.46. The highest BCUT2D eigenvalue weighted by atomic mass is 28.4. The van der Waals surface area contributed by atoms with Gasteiger partial charge < -0.3 is 9.16 Å². The molecule has 0 amide bonds. The lowest BCUT2D eigenvalue weighted by Gasteiger charge is -2.31. The predicted octanol–water partition coefficient (Wildman–Crippen LogP) is 2.74. The molecule has 5 heteroatoms. The fraction of sp³-hybridized carbons (Fsp3) is 0.429. The number of ether oxygens (including phenoxy) is 1. The van der Waals surface area contributed by atoms with E-state index in [2.05, 4.69) is 0 Å². The number of aryl methyl sites for hydroxylation is 1. The predicted molar refractivity (Wildman–Crippen MR) is 74.9 cm³/mol. The molecule has 0 bridgehead atoms. The highest BCUT2D eigenvalue weighted by Gasteiger charge is 2.46. The molecule has 1 atom stereocenters. The third-order valence-corrected chi connectivity index (χ3v) is 3.47. The lowest BCUT2D eigenvalue weighted by molar-refractivity contribution is -0.155. The number of rotatable bonds is 4. The summed E-state index contributed by atoms with van der Waals surface area (Å²) in [6.07, 6.45) is 0. The van der Waals surface area contributed by atoms with Gasteiger partial charge in [0, 0.05) is 5.56 Å². The number of carbonyl (C=O) groups is 1. The van der Waals surface area contributed by atoms with Crippen LogP contribution in [0.3, 0.4) is 0 Å². The molecule has 0 aliphatic rings. The van der Waals surface area contributed by atoms with Crippen molar-refractivity contribution in [2.24, 2.45) is 0 Å². The van der Waals surface area contributed by atoms with Crippen molar-refractivity contribution in [1.82, 2.24) is 0 Å². The number of benzene rings is 1. The van der Waals surface area contributed by atoms with Gasteiger partial charge in [-0.05, 0) is 26.6 Å². The number of hydrogen-bond donors (Lipinski definition) is 0. The summed E-state index contributed by atoms with van der Waals surface area (Å²) in [6.45, 7) is 7.72. The number of carbonyl (C=O) groups excluding carboxylic acids is 1. The summed E-state index contributed by atoms with van der Waals surface area (Å²) in [5.74, 6) is -0.679. The molecule has 0 spiro atoms. The maximum absolute atomic E-state index is 12.1. The number of nitrogens with zero attached hydrogens (tertiary/aromatic N) is 1. The van der Waals surface area contributed by atoms with Gasteiger partial charge in [-0.1, -0.05) is 29.8 Å². The Balaban J connectivity index is 3.37. The second-order valence-electron chi connectivity index (χ2n) is 5.37.